The molecule has 0 fully saturated rings. The van der Waals surface area contributed by atoms with Gasteiger partial charge in [-0.15, -0.1) is 36.2 Å². The Hall–Kier alpha value is -0.360. The van der Waals surface area contributed by atoms with Crippen molar-refractivity contribution in [3.63, 3.8) is 0 Å². The third-order valence-corrected chi connectivity index (χ3v) is 3.83. The number of amides is 1. The van der Waals surface area contributed by atoms with Crippen LogP contribution in [0.15, 0.2) is 5.38 Å². The lowest BCUT2D eigenvalue weighted by atomic mass is 9.99. The smallest absolute Gasteiger partial charge is 0.237 e. The van der Waals surface area contributed by atoms with Crippen LogP contribution in [0.25, 0.3) is 0 Å². The number of carbonyl (C=O) groups excluding carboxylic acids is 1. The van der Waals surface area contributed by atoms with E-state index in [-0.39, 0.29) is 30.7 Å². The molecule has 0 saturated carbocycles. The van der Waals surface area contributed by atoms with Crippen molar-refractivity contribution in [2.75, 3.05) is 0 Å². The van der Waals surface area contributed by atoms with Crippen molar-refractivity contribution < 1.29 is 4.79 Å². The number of nitrogens with one attached hydrogen (secondary N) is 1. The van der Waals surface area contributed by atoms with E-state index < -0.39 is 11.6 Å². The second-order valence-corrected chi connectivity index (χ2v) is 5.12. The second-order valence-electron chi connectivity index (χ2n) is 4.26. The number of aryl methyl sites for hydroxylation is 1. The van der Waals surface area contributed by atoms with E-state index in [2.05, 4.69) is 10.3 Å². The van der Waals surface area contributed by atoms with E-state index in [0.717, 1.165) is 17.1 Å². The Kier molecular flexibility index (Phi) is 8.81. The summed E-state index contributed by atoms with van der Waals surface area (Å²) in [7, 11) is 0. The SMILES string of the molecule is CCC(C)(NC(=O)C(C)N)c1nc(C)cs1.Cl.Cl. The summed E-state index contributed by atoms with van der Waals surface area (Å²) in [6.07, 6.45) is 0.790. The summed E-state index contributed by atoms with van der Waals surface area (Å²) in [5.41, 5.74) is 6.12. The largest absolute Gasteiger partial charge is 0.343 e. The van der Waals surface area contributed by atoms with Crippen molar-refractivity contribution in [2.24, 2.45) is 5.73 Å². The summed E-state index contributed by atoms with van der Waals surface area (Å²) in [5, 5.41) is 5.88. The molecule has 4 nitrogen and oxygen atoms in total. The lowest BCUT2D eigenvalue weighted by Crippen LogP contribution is -2.49. The Labute approximate surface area is 125 Å². The van der Waals surface area contributed by atoms with Crippen LogP contribution in [0, 0.1) is 6.92 Å². The average molecular weight is 314 g/mol. The molecule has 7 heteroatoms. The summed E-state index contributed by atoms with van der Waals surface area (Å²) < 4.78 is 0. The minimum atomic E-state index is -0.494. The molecule has 0 saturated heterocycles. The van der Waals surface area contributed by atoms with E-state index in [1.165, 1.54) is 0 Å². The minimum Gasteiger partial charge on any atom is -0.343 e. The first-order chi connectivity index (χ1) is 7.39. The van der Waals surface area contributed by atoms with Gasteiger partial charge in [0.1, 0.15) is 5.01 Å². The van der Waals surface area contributed by atoms with Crippen molar-refractivity contribution >= 4 is 42.1 Å². The Bertz CT molecular complexity index is 384. The van der Waals surface area contributed by atoms with Crippen molar-refractivity contribution in [3.05, 3.63) is 16.1 Å². The van der Waals surface area contributed by atoms with Gasteiger partial charge in [0, 0.05) is 11.1 Å². The van der Waals surface area contributed by atoms with Gasteiger partial charge >= 0.3 is 0 Å². The van der Waals surface area contributed by atoms with Crippen LogP contribution >= 0.6 is 36.2 Å². The lowest BCUT2D eigenvalue weighted by molar-refractivity contribution is -0.123. The van der Waals surface area contributed by atoms with E-state index in [1.54, 1.807) is 18.3 Å². The third-order valence-electron chi connectivity index (χ3n) is 2.61. The zero-order chi connectivity index (χ0) is 12.3. The number of nitrogens with zero attached hydrogens (tertiary/aromatic N) is 1. The quantitative estimate of drug-likeness (QED) is 0.896. The number of aromatic nitrogens is 1. The van der Waals surface area contributed by atoms with Gasteiger partial charge in [-0.1, -0.05) is 6.92 Å². The van der Waals surface area contributed by atoms with Gasteiger partial charge in [0.25, 0.3) is 0 Å². The molecule has 106 valence electrons. The molecule has 2 atom stereocenters. The lowest BCUT2D eigenvalue weighted by Gasteiger charge is -2.28. The molecule has 1 amide bonds. The Morgan fingerprint density at radius 3 is 2.50 bits per heavy atom. The van der Waals surface area contributed by atoms with Crippen molar-refractivity contribution in [2.45, 2.75) is 45.7 Å². The van der Waals surface area contributed by atoms with E-state index in [0.29, 0.717) is 0 Å². The molecule has 2 unspecified atom stereocenters. The highest BCUT2D eigenvalue weighted by atomic mass is 35.5. The first-order valence-electron chi connectivity index (χ1n) is 5.39. The van der Waals surface area contributed by atoms with Crippen LogP contribution in [0.4, 0.5) is 0 Å². The van der Waals surface area contributed by atoms with E-state index in [4.69, 9.17) is 5.73 Å². The maximum absolute atomic E-state index is 11.6. The molecule has 1 aromatic rings. The first-order valence-corrected chi connectivity index (χ1v) is 6.27. The number of carbonyl (C=O) groups is 1. The number of hydrogen-bond acceptors (Lipinski definition) is 4. The average Bonchev–Trinajstić information content (AvgIpc) is 2.65. The van der Waals surface area contributed by atoms with Crippen LogP contribution in [-0.4, -0.2) is 16.9 Å². The number of thiazole rings is 1. The van der Waals surface area contributed by atoms with E-state index in [1.807, 2.05) is 26.2 Å². The van der Waals surface area contributed by atoms with Gasteiger partial charge in [-0.05, 0) is 27.2 Å². The fourth-order valence-corrected chi connectivity index (χ4v) is 2.27. The third kappa shape index (κ3) is 4.72. The Morgan fingerprint density at radius 2 is 2.17 bits per heavy atom. The molecule has 0 radical (unpaired) electrons. The molecule has 0 bridgehead atoms. The van der Waals surface area contributed by atoms with Crippen LogP contribution in [0.5, 0.6) is 0 Å². The molecule has 1 heterocycles. The van der Waals surface area contributed by atoms with E-state index in [9.17, 15) is 4.79 Å². The van der Waals surface area contributed by atoms with Crippen molar-refractivity contribution in [1.82, 2.24) is 10.3 Å². The molecule has 1 aromatic heterocycles. The minimum absolute atomic E-state index is 0. The highest BCUT2D eigenvalue weighted by Crippen LogP contribution is 2.27. The van der Waals surface area contributed by atoms with Crippen LogP contribution in [0.1, 0.15) is 37.9 Å². The molecule has 0 spiro atoms. The summed E-state index contributed by atoms with van der Waals surface area (Å²) in [5.74, 6) is -0.141. The maximum Gasteiger partial charge on any atom is 0.237 e. The molecule has 0 aliphatic heterocycles. The summed E-state index contributed by atoms with van der Waals surface area (Å²) in [6, 6.07) is -0.494. The molecule has 3 N–H and O–H groups in total. The molecule has 1 rings (SSSR count). The van der Waals surface area contributed by atoms with Gasteiger partial charge in [-0.3, -0.25) is 4.79 Å². The topological polar surface area (TPSA) is 68.0 Å². The molecular weight excluding hydrogens is 293 g/mol. The molecule has 0 aliphatic carbocycles. The second kappa shape index (κ2) is 7.94. The zero-order valence-electron chi connectivity index (χ0n) is 11.0. The Morgan fingerprint density at radius 1 is 1.61 bits per heavy atom. The predicted octanol–water partition coefficient (Wildman–Crippen LogP) is 2.38. The van der Waals surface area contributed by atoms with Crippen LogP contribution < -0.4 is 11.1 Å². The van der Waals surface area contributed by atoms with Gasteiger partial charge in [-0.25, -0.2) is 4.98 Å². The van der Waals surface area contributed by atoms with Gasteiger partial charge in [0.15, 0.2) is 0 Å². The highest BCUT2D eigenvalue weighted by molar-refractivity contribution is 7.09. The number of hydrogen-bond donors (Lipinski definition) is 2. The van der Waals surface area contributed by atoms with Gasteiger partial charge < -0.3 is 11.1 Å². The zero-order valence-corrected chi connectivity index (χ0v) is 13.5. The monoisotopic (exact) mass is 313 g/mol. The van der Waals surface area contributed by atoms with Crippen molar-refractivity contribution in [3.8, 4) is 0 Å². The summed E-state index contributed by atoms with van der Waals surface area (Å²) in [4.78, 5) is 16.1. The van der Waals surface area contributed by atoms with Gasteiger partial charge in [0.2, 0.25) is 5.91 Å². The van der Waals surface area contributed by atoms with Crippen LogP contribution in [0.2, 0.25) is 0 Å². The van der Waals surface area contributed by atoms with E-state index >= 15 is 0 Å². The maximum atomic E-state index is 11.6. The molecule has 18 heavy (non-hydrogen) atoms. The number of nitrogens with two attached hydrogens (primary N) is 1. The number of rotatable bonds is 4. The van der Waals surface area contributed by atoms with Crippen LogP contribution in [0.3, 0.4) is 0 Å². The fraction of sp³-hybridized carbons (Fsp3) is 0.636. The fourth-order valence-electron chi connectivity index (χ4n) is 1.29. The molecular formula is C11H21Cl2N3OS. The van der Waals surface area contributed by atoms with Crippen molar-refractivity contribution in [1.29, 1.82) is 0 Å². The standard InChI is InChI=1S/C11H19N3OS.2ClH/c1-5-11(4,14-9(15)8(3)12)10-13-7(2)6-16-10;;/h6,8H,5,12H2,1-4H3,(H,14,15);2*1H. The predicted molar refractivity (Wildman–Crippen MR) is 80.8 cm³/mol. The first kappa shape index (κ1) is 20.0. The summed E-state index contributed by atoms with van der Waals surface area (Å²) >= 11 is 1.57. The Balaban J connectivity index is 0. The molecule has 0 aliphatic rings. The summed E-state index contributed by atoms with van der Waals surface area (Å²) in [6.45, 7) is 7.63. The molecule has 0 aromatic carbocycles. The van der Waals surface area contributed by atoms with Crippen LogP contribution in [-0.2, 0) is 10.3 Å². The highest BCUT2D eigenvalue weighted by Gasteiger charge is 2.30. The van der Waals surface area contributed by atoms with Gasteiger partial charge in [0.05, 0.1) is 11.6 Å². The number of halogens is 2. The van der Waals surface area contributed by atoms with Gasteiger partial charge in [-0.2, -0.15) is 0 Å². The normalized spacial score (nSPS) is 14.7.